The highest BCUT2D eigenvalue weighted by atomic mass is 15.3. The fourth-order valence-corrected chi connectivity index (χ4v) is 1.66. The molecular weight excluding hydrogens is 152 g/mol. The number of nitrogens with zero attached hydrogens (tertiary/aromatic N) is 3. The Hall–Kier alpha value is -0.900. The standard InChI is InChI=1S/C8H14N4/c1-2-12-7(10-6-11-12)8(9)4-3-5-8/h6H,2-5,9H2,1H3. The van der Waals surface area contributed by atoms with Gasteiger partial charge in [-0.25, -0.2) is 9.67 Å². The van der Waals surface area contributed by atoms with Crippen LogP contribution in [0, 0.1) is 0 Å². The summed E-state index contributed by atoms with van der Waals surface area (Å²) in [5.41, 5.74) is 5.95. The van der Waals surface area contributed by atoms with Gasteiger partial charge in [-0.2, -0.15) is 5.10 Å². The van der Waals surface area contributed by atoms with Gasteiger partial charge in [0.1, 0.15) is 12.2 Å². The molecule has 0 atom stereocenters. The van der Waals surface area contributed by atoms with Gasteiger partial charge in [-0.05, 0) is 26.2 Å². The molecule has 1 fully saturated rings. The zero-order valence-electron chi connectivity index (χ0n) is 7.32. The monoisotopic (exact) mass is 166 g/mol. The Morgan fingerprint density at radius 1 is 1.67 bits per heavy atom. The maximum absolute atomic E-state index is 6.12. The van der Waals surface area contributed by atoms with Crippen molar-refractivity contribution < 1.29 is 0 Å². The summed E-state index contributed by atoms with van der Waals surface area (Å²) in [6.45, 7) is 2.91. The molecule has 66 valence electrons. The Bertz CT molecular complexity index is 274. The molecule has 1 saturated carbocycles. The van der Waals surface area contributed by atoms with Crippen molar-refractivity contribution >= 4 is 0 Å². The minimum absolute atomic E-state index is 0.174. The third-order valence-electron chi connectivity index (χ3n) is 2.61. The second kappa shape index (κ2) is 2.55. The van der Waals surface area contributed by atoms with Gasteiger partial charge in [-0.3, -0.25) is 0 Å². The van der Waals surface area contributed by atoms with Crippen molar-refractivity contribution in [1.29, 1.82) is 0 Å². The molecule has 0 spiro atoms. The van der Waals surface area contributed by atoms with Crippen molar-refractivity contribution in [1.82, 2.24) is 14.8 Å². The van der Waals surface area contributed by atoms with E-state index < -0.39 is 0 Å². The van der Waals surface area contributed by atoms with E-state index in [4.69, 9.17) is 5.73 Å². The summed E-state index contributed by atoms with van der Waals surface area (Å²) in [5, 5.41) is 4.11. The normalized spacial score (nSPS) is 20.5. The first-order chi connectivity index (χ1) is 5.76. The van der Waals surface area contributed by atoms with Crippen molar-refractivity contribution in [2.75, 3.05) is 0 Å². The third-order valence-corrected chi connectivity index (χ3v) is 2.61. The Labute approximate surface area is 71.8 Å². The zero-order valence-corrected chi connectivity index (χ0v) is 7.32. The SMILES string of the molecule is CCn1ncnc1C1(N)CCC1. The van der Waals surface area contributed by atoms with Gasteiger partial charge in [0.15, 0.2) is 0 Å². The summed E-state index contributed by atoms with van der Waals surface area (Å²) in [4.78, 5) is 4.21. The molecule has 1 aromatic heterocycles. The van der Waals surface area contributed by atoms with Crippen LogP contribution in [-0.4, -0.2) is 14.8 Å². The Morgan fingerprint density at radius 3 is 2.92 bits per heavy atom. The summed E-state index contributed by atoms with van der Waals surface area (Å²) in [7, 11) is 0. The van der Waals surface area contributed by atoms with Crippen LogP contribution >= 0.6 is 0 Å². The lowest BCUT2D eigenvalue weighted by molar-refractivity contribution is 0.227. The highest BCUT2D eigenvalue weighted by Crippen LogP contribution is 2.37. The number of rotatable bonds is 2. The predicted molar refractivity (Wildman–Crippen MR) is 45.4 cm³/mol. The van der Waals surface area contributed by atoms with Crippen LogP contribution in [0.25, 0.3) is 0 Å². The summed E-state index contributed by atoms with van der Waals surface area (Å²) < 4.78 is 1.89. The molecule has 0 amide bonds. The molecule has 0 aliphatic heterocycles. The Morgan fingerprint density at radius 2 is 2.42 bits per heavy atom. The van der Waals surface area contributed by atoms with Crippen LogP contribution in [-0.2, 0) is 12.1 Å². The van der Waals surface area contributed by atoms with E-state index in [0.29, 0.717) is 0 Å². The average Bonchev–Trinajstić information content (AvgIpc) is 2.47. The lowest BCUT2D eigenvalue weighted by Gasteiger charge is -2.36. The fraction of sp³-hybridized carbons (Fsp3) is 0.750. The van der Waals surface area contributed by atoms with Crippen LogP contribution in [0.2, 0.25) is 0 Å². The van der Waals surface area contributed by atoms with E-state index in [-0.39, 0.29) is 5.54 Å². The van der Waals surface area contributed by atoms with Gasteiger partial charge in [0, 0.05) is 6.54 Å². The summed E-state index contributed by atoms with van der Waals surface area (Å²) in [5.74, 6) is 0.955. The van der Waals surface area contributed by atoms with E-state index in [1.807, 2.05) is 4.68 Å². The van der Waals surface area contributed by atoms with E-state index in [1.165, 1.54) is 6.42 Å². The average molecular weight is 166 g/mol. The molecule has 0 saturated heterocycles. The van der Waals surface area contributed by atoms with Crippen LogP contribution in [0.15, 0.2) is 6.33 Å². The maximum Gasteiger partial charge on any atom is 0.146 e. The van der Waals surface area contributed by atoms with Gasteiger partial charge < -0.3 is 5.73 Å². The maximum atomic E-state index is 6.12. The van der Waals surface area contributed by atoms with E-state index in [2.05, 4.69) is 17.0 Å². The van der Waals surface area contributed by atoms with Gasteiger partial charge in [0.2, 0.25) is 0 Å². The molecule has 2 rings (SSSR count). The zero-order chi connectivity index (χ0) is 8.60. The third kappa shape index (κ3) is 0.948. The minimum atomic E-state index is -0.174. The topological polar surface area (TPSA) is 56.7 Å². The summed E-state index contributed by atoms with van der Waals surface area (Å²) in [6, 6.07) is 0. The number of aromatic nitrogens is 3. The van der Waals surface area contributed by atoms with Gasteiger partial charge in [0.25, 0.3) is 0 Å². The van der Waals surface area contributed by atoms with Crippen LogP contribution in [0.3, 0.4) is 0 Å². The van der Waals surface area contributed by atoms with Crippen LogP contribution in [0.5, 0.6) is 0 Å². The van der Waals surface area contributed by atoms with E-state index >= 15 is 0 Å². The first-order valence-corrected chi connectivity index (χ1v) is 4.43. The molecule has 0 bridgehead atoms. The van der Waals surface area contributed by atoms with Crippen LogP contribution in [0.4, 0.5) is 0 Å². The van der Waals surface area contributed by atoms with Crippen molar-refractivity contribution in [2.24, 2.45) is 5.73 Å². The Kier molecular flexibility index (Phi) is 1.65. The number of aryl methyl sites for hydroxylation is 1. The van der Waals surface area contributed by atoms with Crippen molar-refractivity contribution in [3.63, 3.8) is 0 Å². The lowest BCUT2D eigenvalue weighted by atomic mass is 9.77. The van der Waals surface area contributed by atoms with E-state index in [1.54, 1.807) is 6.33 Å². The summed E-state index contributed by atoms with van der Waals surface area (Å²) in [6.07, 6.45) is 4.90. The Balaban J connectivity index is 2.31. The van der Waals surface area contributed by atoms with Crippen molar-refractivity contribution in [3.8, 4) is 0 Å². The number of nitrogens with two attached hydrogens (primary N) is 1. The molecule has 1 heterocycles. The van der Waals surface area contributed by atoms with Crippen LogP contribution < -0.4 is 5.73 Å². The molecule has 4 nitrogen and oxygen atoms in total. The van der Waals surface area contributed by atoms with Crippen molar-refractivity contribution in [2.45, 2.75) is 38.3 Å². The molecule has 0 aromatic carbocycles. The predicted octanol–water partition coefficient (Wildman–Crippen LogP) is 0.636. The molecule has 12 heavy (non-hydrogen) atoms. The van der Waals surface area contributed by atoms with Gasteiger partial charge in [0.05, 0.1) is 5.54 Å². The molecule has 0 unspecified atom stereocenters. The number of hydrogen-bond acceptors (Lipinski definition) is 3. The van der Waals surface area contributed by atoms with Gasteiger partial charge >= 0.3 is 0 Å². The van der Waals surface area contributed by atoms with E-state index in [9.17, 15) is 0 Å². The van der Waals surface area contributed by atoms with Gasteiger partial charge in [-0.1, -0.05) is 0 Å². The molecule has 1 aliphatic rings. The highest BCUT2D eigenvalue weighted by Gasteiger charge is 2.38. The van der Waals surface area contributed by atoms with Crippen LogP contribution in [0.1, 0.15) is 32.0 Å². The quantitative estimate of drug-likeness (QED) is 0.701. The molecule has 0 radical (unpaired) electrons. The molecule has 1 aliphatic carbocycles. The second-order valence-corrected chi connectivity index (χ2v) is 3.41. The summed E-state index contributed by atoms with van der Waals surface area (Å²) >= 11 is 0. The first kappa shape index (κ1) is 7.73. The fourth-order valence-electron chi connectivity index (χ4n) is 1.66. The smallest absolute Gasteiger partial charge is 0.146 e. The van der Waals surface area contributed by atoms with Gasteiger partial charge in [-0.15, -0.1) is 0 Å². The van der Waals surface area contributed by atoms with E-state index in [0.717, 1.165) is 25.2 Å². The second-order valence-electron chi connectivity index (χ2n) is 3.41. The first-order valence-electron chi connectivity index (χ1n) is 4.43. The molecular formula is C8H14N4. The van der Waals surface area contributed by atoms with Crippen molar-refractivity contribution in [3.05, 3.63) is 12.2 Å². The molecule has 2 N–H and O–H groups in total. The largest absolute Gasteiger partial charge is 0.319 e. The molecule has 1 aromatic rings. The molecule has 4 heteroatoms. The highest BCUT2D eigenvalue weighted by molar-refractivity contribution is 5.09. The lowest BCUT2D eigenvalue weighted by Crippen LogP contribution is -2.45. The minimum Gasteiger partial charge on any atom is -0.319 e. The number of hydrogen-bond donors (Lipinski definition) is 1.